The van der Waals surface area contributed by atoms with E-state index < -0.39 is 0 Å². The van der Waals surface area contributed by atoms with Gasteiger partial charge in [-0.1, -0.05) is 6.07 Å². The third kappa shape index (κ3) is 1.10. The van der Waals surface area contributed by atoms with Crippen LogP contribution in [0.5, 0.6) is 0 Å². The summed E-state index contributed by atoms with van der Waals surface area (Å²) in [6.45, 7) is 0. The van der Waals surface area contributed by atoms with E-state index in [0.717, 1.165) is 5.82 Å². The maximum atomic E-state index is 4.10. The van der Waals surface area contributed by atoms with E-state index in [1.165, 1.54) is 0 Å². The average molecular weight is 146 g/mol. The van der Waals surface area contributed by atoms with E-state index in [4.69, 9.17) is 0 Å². The van der Waals surface area contributed by atoms with Crippen molar-refractivity contribution in [3.8, 4) is 5.82 Å². The maximum Gasteiger partial charge on any atom is 0.139 e. The molecule has 0 saturated carbocycles. The molecule has 2 rings (SSSR count). The fraction of sp³-hybridized carbons (Fsp3) is 0. The molecule has 0 spiro atoms. The molecule has 0 aliphatic carbocycles. The number of aromatic nitrogens is 4. The van der Waals surface area contributed by atoms with E-state index in [2.05, 4.69) is 15.2 Å². The molecule has 0 saturated heterocycles. The summed E-state index contributed by atoms with van der Waals surface area (Å²) in [5.74, 6) is 0.831. The highest BCUT2D eigenvalue weighted by Gasteiger charge is 1.92. The third-order valence-electron chi connectivity index (χ3n) is 1.33. The highest BCUT2D eigenvalue weighted by Crippen LogP contribution is 1.98. The number of nitrogens with zero attached hydrogens (tertiary/aromatic N) is 4. The van der Waals surface area contributed by atoms with Gasteiger partial charge in [0.05, 0.1) is 0 Å². The van der Waals surface area contributed by atoms with Gasteiger partial charge in [-0.25, -0.2) is 4.98 Å². The van der Waals surface area contributed by atoms with Crippen LogP contribution in [0.3, 0.4) is 0 Å². The van der Waals surface area contributed by atoms with Crippen molar-refractivity contribution in [3.05, 3.63) is 37.1 Å². The van der Waals surface area contributed by atoms with E-state index in [9.17, 15) is 0 Å². The Bertz CT molecular complexity index is 313. The zero-order valence-electron chi connectivity index (χ0n) is 5.75. The van der Waals surface area contributed by atoms with Crippen molar-refractivity contribution in [2.45, 2.75) is 0 Å². The second-order valence-electron chi connectivity index (χ2n) is 2.06. The van der Waals surface area contributed by atoms with Crippen LogP contribution in [0.25, 0.3) is 5.82 Å². The highest BCUT2D eigenvalue weighted by molar-refractivity contribution is 5.19. The zero-order valence-corrected chi connectivity index (χ0v) is 5.75. The topological polar surface area (TPSA) is 43.6 Å². The van der Waals surface area contributed by atoms with Gasteiger partial charge in [-0.15, -0.1) is 10.2 Å². The van der Waals surface area contributed by atoms with E-state index in [1.54, 1.807) is 23.4 Å². The first kappa shape index (κ1) is 6.03. The van der Waals surface area contributed by atoms with Gasteiger partial charge in [0, 0.05) is 6.20 Å². The second-order valence-corrected chi connectivity index (χ2v) is 2.06. The molecule has 0 N–H and O–H groups in total. The molecular weight excluding hydrogens is 140 g/mol. The predicted octanol–water partition coefficient (Wildman–Crippen LogP) is 0.662. The Kier molecular flexibility index (Phi) is 1.37. The second kappa shape index (κ2) is 2.49. The maximum absolute atomic E-state index is 4.10. The summed E-state index contributed by atoms with van der Waals surface area (Å²) >= 11 is 0. The normalized spacial score (nSPS) is 9.82. The third-order valence-corrected chi connectivity index (χ3v) is 1.33. The summed E-state index contributed by atoms with van der Waals surface area (Å²) in [5.41, 5.74) is 0. The molecule has 0 aromatic carbocycles. The van der Waals surface area contributed by atoms with Crippen molar-refractivity contribution in [1.82, 2.24) is 19.7 Å². The Balaban J connectivity index is 2.46. The predicted molar refractivity (Wildman–Crippen MR) is 39.2 cm³/mol. The summed E-state index contributed by atoms with van der Waals surface area (Å²) in [4.78, 5) is 4.10. The number of hydrogen-bond acceptors (Lipinski definition) is 3. The number of hydrogen-bond donors (Lipinski definition) is 0. The summed E-state index contributed by atoms with van der Waals surface area (Å²) in [6.07, 6.45) is 4.96. The van der Waals surface area contributed by atoms with Gasteiger partial charge < -0.3 is 0 Å². The van der Waals surface area contributed by atoms with Crippen LogP contribution in [-0.4, -0.2) is 19.7 Å². The van der Waals surface area contributed by atoms with E-state index in [-0.39, 0.29) is 0 Å². The Hall–Kier alpha value is -1.71. The van der Waals surface area contributed by atoms with Crippen LogP contribution in [0.1, 0.15) is 0 Å². The lowest BCUT2D eigenvalue weighted by Crippen LogP contribution is -1.91. The summed E-state index contributed by atoms with van der Waals surface area (Å²) in [5, 5.41) is 7.34. The molecule has 0 radical (unpaired) electrons. The molecular formula is C7H6N4. The quantitative estimate of drug-likeness (QED) is 0.593. The highest BCUT2D eigenvalue weighted by atomic mass is 15.2. The van der Waals surface area contributed by atoms with Gasteiger partial charge in [0.15, 0.2) is 0 Å². The smallest absolute Gasteiger partial charge is 0.139 e. The van der Waals surface area contributed by atoms with Crippen molar-refractivity contribution in [2.24, 2.45) is 0 Å². The minimum atomic E-state index is 0.831. The monoisotopic (exact) mass is 146 g/mol. The molecule has 2 aromatic rings. The lowest BCUT2D eigenvalue weighted by Gasteiger charge is -1.95. The Morgan fingerprint density at radius 1 is 1.09 bits per heavy atom. The molecule has 0 unspecified atom stereocenters. The largest absolute Gasteiger partial charge is 0.272 e. The molecule has 54 valence electrons. The molecule has 4 heteroatoms. The number of rotatable bonds is 1. The van der Waals surface area contributed by atoms with Crippen LogP contribution in [0, 0.1) is 0 Å². The van der Waals surface area contributed by atoms with Gasteiger partial charge in [0.1, 0.15) is 18.5 Å². The van der Waals surface area contributed by atoms with Crippen molar-refractivity contribution >= 4 is 0 Å². The molecule has 0 amide bonds. The Morgan fingerprint density at radius 2 is 1.91 bits per heavy atom. The SMILES string of the molecule is c1ccc(-n2cnnc2)nc1. The van der Waals surface area contributed by atoms with Gasteiger partial charge in [0.2, 0.25) is 0 Å². The van der Waals surface area contributed by atoms with Crippen molar-refractivity contribution < 1.29 is 0 Å². The van der Waals surface area contributed by atoms with Gasteiger partial charge in [-0.05, 0) is 12.1 Å². The van der Waals surface area contributed by atoms with Gasteiger partial charge in [-0.3, -0.25) is 4.57 Å². The fourth-order valence-corrected chi connectivity index (χ4v) is 0.825. The minimum absolute atomic E-state index is 0.831. The van der Waals surface area contributed by atoms with E-state index in [1.807, 2.05) is 18.2 Å². The van der Waals surface area contributed by atoms with Crippen LogP contribution >= 0.6 is 0 Å². The molecule has 11 heavy (non-hydrogen) atoms. The molecule has 0 bridgehead atoms. The Labute approximate surface area is 63.5 Å². The molecule has 4 nitrogen and oxygen atoms in total. The number of pyridine rings is 1. The van der Waals surface area contributed by atoms with E-state index >= 15 is 0 Å². The van der Waals surface area contributed by atoms with Crippen molar-refractivity contribution in [2.75, 3.05) is 0 Å². The average Bonchev–Trinajstić information content (AvgIpc) is 2.58. The fourth-order valence-electron chi connectivity index (χ4n) is 0.825. The van der Waals surface area contributed by atoms with Crippen LogP contribution < -0.4 is 0 Å². The Morgan fingerprint density at radius 3 is 2.55 bits per heavy atom. The van der Waals surface area contributed by atoms with Crippen LogP contribution in [0.4, 0.5) is 0 Å². The van der Waals surface area contributed by atoms with Crippen LogP contribution in [-0.2, 0) is 0 Å². The lowest BCUT2D eigenvalue weighted by molar-refractivity contribution is 0.991. The molecule has 2 heterocycles. The van der Waals surface area contributed by atoms with Crippen molar-refractivity contribution in [1.29, 1.82) is 0 Å². The minimum Gasteiger partial charge on any atom is -0.272 e. The summed E-state index contributed by atoms with van der Waals surface area (Å²) in [7, 11) is 0. The molecule has 0 aliphatic rings. The standard InChI is InChI=1S/C7H6N4/c1-2-4-8-7(3-1)11-5-9-10-6-11/h1-6H. The summed E-state index contributed by atoms with van der Waals surface area (Å²) in [6, 6.07) is 5.68. The van der Waals surface area contributed by atoms with Crippen LogP contribution in [0.2, 0.25) is 0 Å². The van der Waals surface area contributed by atoms with Crippen LogP contribution in [0.15, 0.2) is 37.1 Å². The first-order chi connectivity index (χ1) is 5.47. The van der Waals surface area contributed by atoms with Gasteiger partial charge in [-0.2, -0.15) is 0 Å². The lowest BCUT2D eigenvalue weighted by atomic mass is 10.5. The first-order valence-electron chi connectivity index (χ1n) is 3.23. The zero-order chi connectivity index (χ0) is 7.52. The molecule has 0 fully saturated rings. The first-order valence-corrected chi connectivity index (χ1v) is 3.23. The van der Waals surface area contributed by atoms with Gasteiger partial charge in [0.25, 0.3) is 0 Å². The van der Waals surface area contributed by atoms with Crippen molar-refractivity contribution in [3.63, 3.8) is 0 Å². The molecule has 0 atom stereocenters. The molecule has 2 aromatic heterocycles. The van der Waals surface area contributed by atoms with Gasteiger partial charge >= 0.3 is 0 Å². The summed E-state index contributed by atoms with van der Waals surface area (Å²) < 4.78 is 1.75. The van der Waals surface area contributed by atoms with E-state index in [0.29, 0.717) is 0 Å². The molecule has 0 aliphatic heterocycles.